The molecule has 1 saturated heterocycles. The zero-order valence-electron chi connectivity index (χ0n) is 9.97. The number of anilines is 1. The highest BCUT2D eigenvalue weighted by Crippen LogP contribution is 2.31. The molecule has 0 bridgehead atoms. The maximum Gasteiger partial charge on any atom is 0.263 e. The molecule has 3 rings (SSSR count). The van der Waals surface area contributed by atoms with E-state index < -0.39 is 0 Å². The van der Waals surface area contributed by atoms with E-state index in [4.69, 9.17) is 5.73 Å². The third kappa shape index (κ3) is 2.12. The molecule has 1 aliphatic rings. The number of rotatable bonds is 2. The van der Waals surface area contributed by atoms with Crippen molar-refractivity contribution in [2.45, 2.75) is 12.5 Å². The van der Waals surface area contributed by atoms with Crippen LogP contribution in [0, 0.1) is 0 Å². The summed E-state index contributed by atoms with van der Waals surface area (Å²) in [5.74, 6) is -0.293. The van der Waals surface area contributed by atoms with Crippen LogP contribution in [0.3, 0.4) is 0 Å². The van der Waals surface area contributed by atoms with E-state index >= 15 is 0 Å². The number of thiophene rings is 1. The average molecular weight is 276 g/mol. The fraction of sp³-hybridized carbons (Fsp3) is 0.250. The summed E-state index contributed by atoms with van der Waals surface area (Å²) in [4.78, 5) is 27.9. The van der Waals surface area contributed by atoms with Crippen LogP contribution in [-0.2, 0) is 4.79 Å². The first-order chi connectivity index (χ1) is 9.15. The molecule has 2 aromatic heterocycles. The van der Waals surface area contributed by atoms with Crippen LogP contribution in [0.25, 0.3) is 10.2 Å². The first-order valence-corrected chi connectivity index (χ1v) is 6.67. The van der Waals surface area contributed by atoms with E-state index in [-0.39, 0.29) is 17.9 Å². The Bertz CT molecular complexity index is 667. The summed E-state index contributed by atoms with van der Waals surface area (Å²) < 4.78 is 0.880. The Balaban J connectivity index is 1.85. The van der Waals surface area contributed by atoms with E-state index in [1.807, 2.05) is 6.07 Å². The van der Waals surface area contributed by atoms with Gasteiger partial charge in [-0.15, -0.1) is 11.3 Å². The van der Waals surface area contributed by atoms with Crippen LogP contribution in [-0.4, -0.2) is 29.4 Å². The van der Waals surface area contributed by atoms with E-state index in [2.05, 4.69) is 15.6 Å². The lowest BCUT2D eigenvalue weighted by atomic mass is 10.2. The van der Waals surface area contributed by atoms with E-state index in [9.17, 15) is 9.59 Å². The van der Waals surface area contributed by atoms with Gasteiger partial charge in [0, 0.05) is 19.2 Å². The number of carbonyl (C=O) groups excluding carboxylic acids is 2. The molecule has 1 aliphatic heterocycles. The van der Waals surface area contributed by atoms with E-state index in [1.165, 1.54) is 11.3 Å². The van der Waals surface area contributed by atoms with Crippen LogP contribution in [0.1, 0.15) is 16.1 Å². The van der Waals surface area contributed by atoms with Crippen molar-refractivity contribution in [3.8, 4) is 0 Å². The van der Waals surface area contributed by atoms with Gasteiger partial charge in [-0.25, -0.2) is 0 Å². The fourth-order valence-electron chi connectivity index (χ4n) is 2.07. The predicted octanol–water partition coefficient (Wildman–Crippen LogP) is 0.497. The Hall–Kier alpha value is -2.15. The van der Waals surface area contributed by atoms with Crippen molar-refractivity contribution in [2.75, 3.05) is 12.3 Å². The Kier molecular flexibility index (Phi) is 2.83. The van der Waals surface area contributed by atoms with Crippen LogP contribution < -0.4 is 16.4 Å². The average Bonchev–Trinajstić information content (AvgIpc) is 2.94. The van der Waals surface area contributed by atoms with Crippen LogP contribution in [0.2, 0.25) is 0 Å². The largest absolute Gasteiger partial charge is 0.396 e. The first kappa shape index (κ1) is 11.9. The highest BCUT2D eigenvalue weighted by molar-refractivity contribution is 7.21. The zero-order chi connectivity index (χ0) is 13.4. The number of carbonyl (C=O) groups is 2. The van der Waals surface area contributed by atoms with Gasteiger partial charge in [-0.3, -0.25) is 14.6 Å². The topological polar surface area (TPSA) is 97.1 Å². The number of fused-ring (bicyclic) bond motifs is 1. The second kappa shape index (κ2) is 4.51. The quantitative estimate of drug-likeness (QED) is 0.744. The molecule has 2 amide bonds. The molecule has 0 radical (unpaired) electrons. The molecule has 0 spiro atoms. The van der Waals surface area contributed by atoms with Gasteiger partial charge in [-0.05, 0) is 12.1 Å². The second-order valence-electron chi connectivity index (χ2n) is 4.37. The number of pyridine rings is 1. The third-order valence-electron chi connectivity index (χ3n) is 3.00. The van der Waals surface area contributed by atoms with Crippen molar-refractivity contribution < 1.29 is 9.59 Å². The van der Waals surface area contributed by atoms with Crippen molar-refractivity contribution in [3.63, 3.8) is 0 Å². The lowest BCUT2D eigenvalue weighted by Gasteiger charge is -2.09. The molecule has 0 saturated carbocycles. The molecule has 1 fully saturated rings. The Morgan fingerprint density at radius 2 is 2.42 bits per heavy atom. The standard InChI is InChI=1S/C12H12N4O2S/c13-9-10-7(2-1-3-14-10)19-11(9)12(18)16-6-4-8(17)15-5-6/h1-3,6H,4-5,13H2,(H,15,17)(H,16,18). The highest BCUT2D eigenvalue weighted by Gasteiger charge is 2.25. The van der Waals surface area contributed by atoms with E-state index in [0.717, 1.165) is 4.70 Å². The molecule has 2 aromatic rings. The number of nitrogens with one attached hydrogen (secondary N) is 2. The number of nitrogens with two attached hydrogens (primary N) is 1. The molecule has 4 N–H and O–H groups in total. The number of amides is 2. The zero-order valence-corrected chi connectivity index (χ0v) is 10.8. The second-order valence-corrected chi connectivity index (χ2v) is 5.43. The molecular formula is C12H12N4O2S. The van der Waals surface area contributed by atoms with Crippen LogP contribution in [0.5, 0.6) is 0 Å². The molecule has 1 unspecified atom stereocenters. The Morgan fingerprint density at radius 3 is 3.11 bits per heavy atom. The predicted molar refractivity (Wildman–Crippen MR) is 72.9 cm³/mol. The number of nitrogen functional groups attached to an aromatic ring is 1. The molecular weight excluding hydrogens is 264 g/mol. The van der Waals surface area contributed by atoms with Crippen molar-refractivity contribution in [3.05, 3.63) is 23.2 Å². The number of hydrogen-bond acceptors (Lipinski definition) is 5. The first-order valence-electron chi connectivity index (χ1n) is 5.85. The Labute approximate surface area is 113 Å². The maximum absolute atomic E-state index is 12.2. The normalized spacial score (nSPS) is 18.5. The molecule has 19 heavy (non-hydrogen) atoms. The minimum atomic E-state index is -0.248. The van der Waals surface area contributed by atoms with Gasteiger partial charge in [0.25, 0.3) is 5.91 Å². The van der Waals surface area contributed by atoms with Crippen molar-refractivity contribution in [2.24, 2.45) is 0 Å². The summed E-state index contributed by atoms with van der Waals surface area (Å²) in [5.41, 5.74) is 7.00. The maximum atomic E-state index is 12.2. The molecule has 6 nitrogen and oxygen atoms in total. The molecule has 3 heterocycles. The molecule has 98 valence electrons. The van der Waals surface area contributed by atoms with Crippen LogP contribution in [0.15, 0.2) is 18.3 Å². The van der Waals surface area contributed by atoms with Crippen LogP contribution in [0.4, 0.5) is 5.69 Å². The molecule has 1 atom stereocenters. The summed E-state index contributed by atoms with van der Waals surface area (Å²) in [6, 6.07) is 3.51. The van der Waals surface area contributed by atoms with Gasteiger partial charge in [-0.1, -0.05) is 0 Å². The van der Waals surface area contributed by atoms with Gasteiger partial charge in [0.1, 0.15) is 10.4 Å². The van der Waals surface area contributed by atoms with Gasteiger partial charge in [0.15, 0.2) is 0 Å². The summed E-state index contributed by atoms with van der Waals surface area (Å²) in [7, 11) is 0. The van der Waals surface area contributed by atoms with Crippen molar-refractivity contribution >= 4 is 39.1 Å². The summed E-state index contributed by atoms with van der Waals surface area (Å²) in [5, 5.41) is 5.48. The summed E-state index contributed by atoms with van der Waals surface area (Å²) >= 11 is 1.31. The number of hydrogen-bond donors (Lipinski definition) is 3. The third-order valence-corrected chi connectivity index (χ3v) is 4.16. The highest BCUT2D eigenvalue weighted by atomic mass is 32.1. The Morgan fingerprint density at radius 1 is 1.58 bits per heavy atom. The van der Waals surface area contributed by atoms with Crippen molar-refractivity contribution in [1.82, 2.24) is 15.6 Å². The van der Waals surface area contributed by atoms with Gasteiger partial charge in [0.2, 0.25) is 5.91 Å². The summed E-state index contributed by atoms with van der Waals surface area (Å²) in [6.45, 7) is 0.466. The van der Waals surface area contributed by atoms with Gasteiger partial charge < -0.3 is 16.4 Å². The van der Waals surface area contributed by atoms with Crippen molar-refractivity contribution in [1.29, 1.82) is 0 Å². The minimum Gasteiger partial charge on any atom is -0.396 e. The number of aromatic nitrogens is 1. The molecule has 0 aromatic carbocycles. The molecule has 7 heteroatoms. The van der Waals surface area contributed by atoms with Gasteiger partial charge in [-0.2, -0.15) is 0 Å². The SMILES string of the molecule is Nc1c(C(=O)NC2CNC(=O)C2)sc2cccnc12. The van der Waals surface area contributed by atoms with E-state index in [0.29, 0.717) is 29.0 Å². The van der Waals surface area contributed by atoms with Crippen LogP contribution >= 0.6 is 11.3 Å². The lowest BCUT2D eigenvalue weighted by Crippen LogP contribution is -2.36. The fourth-order valence-corrected chi connectivity index (χ4v) is 3.06. The lowest BCUT2D eigenvalue weighted by molar-refractivity contribution is -0.119. The smallest absolute Gasteiger partial charge is 0.263 e. The number of nitrogens with zero attached hydrogens (tertiary/aromatic N) is 1. The van der Waals surface area contributed by atoms with Gasteiger partial charge in [0.05, 0.1) is 16.4 Å². The van der Waals surface area contributed by atoms with Gasteiger partial charge >= 0.3 is 0 Å². The van der Waals surface area contributed by atoms with E-state index in [1.54, 1.807) is 12.3 Å². The molecule has 0 aliphatic carbocycles. The summed E-state index contributed by atoms with van der Waals surface area (Å²) in [6.07, 6.45) is 1.96. The monoisotopic (exact) mass is 276 g/mol. The minimum absolute atomic E-state index is 0.0451.